The molecule has 2 atom stereocenters. The highest BCUT2D eigenvalue weighted by Gasteiger charge is 2.32. The van der Waals surface area contributed by atoms with E-state index in [0.29, 0.717) is 25.2 Å². The predicted octanol–water partition coefficient (Wildman–Crippen LogP) is 4.15. The van der Waals surface area contributed by atoms with Crippen LogP contribution >= 0.6 is 0 Å². The third-order valence-electron chi connectivity index (χ3n) is 6.93. The van der Waals surface area contributed by atoms with Gasteiger partial charge in [-0.2, -0.15) is 4.31 Å². The number of nitrogens with zero attached hydrogens (tertiary/aromatic N) is 3. The minimum absolute atomic E-state index is 0.0187. The number of sulfonamides is 1. The Morgan fingerprint density at radius 1 is 1.03 bits per heavy atom. The van der Waals surface area contributed by atoms with E-state index in [1.165, 1.54) is 0 Å². The molecule has 2 aliphatic heterocycles. The second kappa shape index (κ2) is 8.91. The summed E-state index contributed by atoms with van der Waals surface area (Å²) >= 11 is 0. The fraction of sp³-hybridized carbons (Fsp3) is 0.440. The molecule has 2 saturated heterocycles. The summed E-state index contributed by atoms with van der Waals surface area (Å²) in [7, 11) is -3.62. The van der Waals surface area contributed by atoms with Gasteiger partial charge in [0.2, 0.25) is 10.0 Å². The van der Waals surface area contributed by atoms with Gasteiger partial charge < -0.3 is 9.88 Å². The summed E-state index contributed by atoms with van der Waals surface area (Å²) in [5.74, 6) is 0.917. The van der Waals surface area contributed by atoms with Gasteiger partial charge in [0.1, 0.15) is 5.82 Å². The van der Waals surface area contributed by atoms with Gasteiger partial charge in [0.05, 0.1) is 15.9 Å². The second-order valence-corrected chi connectivity index (χ2v) is 11.1. The number of rotatable bonds is 4. The molecule has 0 saturated carbocycles. The summed E-state index contributed by atoms with van der Waals surface area (Å²) in [6.45, 7) is 3.72. The summed E-state index contributed by atoms with van der Waals surface area (Å²) in [5, 5.41) is 0. The largest absolute Gasteiger partial charge is 0.342 e. The molecule has 174 valence electrons. The lowest BCUT2D eigenvalue weighted by molar-refractivity contribution is 0.0704. The van der Waals surface area contributed by atoms with E-state index >= 15 is 0 Å². The summed E-state index contributed by atoms with van der Waals surface area (Å²) in [6.07, 6.45) is 4.64. The Kier molecular flexibility index (Phi) is 5.97. The Hall–Kier alpha value is -2.71. The molecule has 0 spiro atoms. The number of hydrogen-bond acceptors (Lipinski definition) is 4. The highest BCUT2D eigenvalue weighted by atomic mass is 32.2. The number of nitrogens with one attached hydrogen (secondary N) is 1. The van der Waals surface area contributed by atoms with Crippen LogP contribution in [0.15, 0.2) is 53.4 Å². The number of aromatic amines is 1. The molecule has 2 fully saturated rings. The van der Waals surface area contributed by atoms with Gasteiger partial charge in [-0.15, -0.1) is 0 Å². The summed E-state index contributed by atoms with van der Waals surface area (Å²) in [5.41, 5.74) is 2.35. The first-order chi connectivity index (χ1) is 15.9. The Morgan fingerprint density at radius 2 is 1.88 bits per heavy atom. The van der Waals surface area contributed by atoms with E-state index in [-0.39, 0.29) is 22.8 Å². The maximum absolute atomic E-state index is 13.4. The minimum Gasteiger partial charge on any atom is -0.342 e. The maximum atomic E-state index is 13.4. The van der Waals surface area contributed by atoms with Crippen molar-refractivity contribution in [2.24, 2.45) is 0 Å². The second-order valence-electron chi connectivity index (χ2n) is 9.22. The zero-order chi connectivity index (χ0) is 23.0. The summed E-state index contributed by atoms with van der Waals surface area (Å²) < 4.78 is 28.1. The van der Waals surface area contributed by atoms with E-state index in [4.69, 9.17) is 4.98 Å². The van der Waals surface area contributed by atoms with Crippen LogP contribution in [0.3, 0.4) is 0 Å². The molecule has 33 heavy (non-hydrogen) atoms. The first kappa shape index (κ1) is 22.1. The number of aromatic nitrogens is 2. The van der Waals surface area contributed by atoms with Gasteiger partial charge in [-0.25, -0.2) is 13.4 Å². The number of para-hydroxylation sites is 2. The zero-order valence-electron chi connectivity index (χ0n) is 18.9. The van der Waals surface area contributed by atoms with Crippen molar-refractivity contribution in [3.63, 3.8) is 0 Å². The number of fused-ring (bicyclic) bond motifs is 1. The highest BCUT2D eigenvalue weighted by molar-refractivity contribution is 7.89. The number of carbonyl (C=O) groups is 1. The lowest BCUT2D eigenvalue weighted by atomic mass is 9.96. The standard InChI is InChI=1S/C25H30N4O3S/c1-18-8-4-5-15-29(18)33(31,32)21-11-6-9-19(16-21)25(30)28-14-7-10-20(17-28)24-26-22-12-2-3-13-23(22)27-24/h2-3,6,9,11-13,16,18,20H,4-5,7-8,10,14-15,17H2,1H3,(H,26,27)/t18-,20+/m1/s1. The maximum Gasteiger partial charge on any atom is 0.253 e. The minimum atomic E-state index is -3.62. The topological polar surface area (TPSA) is 86.4 Å². The highest BCUT2D eigenvalue weighted by Crippen LogP contribution is 2.29. The van der Waals surface area contributed by atoms with Crippen LogP contribution in [0, 0.1) is 0 Å². The van der Waals surface area contributed by atoms with Crippen molar-refractivity contribution in [1.29, 1.82) is 0 Å². The number of carbonyl (C=O) groups excluding carboxylic acids is 1. The molecule has 0 unspecified atom stereocenters. The smallest absolute Gasteiger partial charge is 0.253 e. The van der Waals surface area contributed by atoms with E-state index in [1.54, 1.807) is 28.6 Å². The van der Waals surface area contributed by atoms with Gasteiger partial charge in [-0.3, -0.25) is 4.79 Å². The number of hydrogen-bond donors (Lipinski definition) is 1. The molecular weight excluding hydrogens is 436 g/mol. The van der Waals surface area contributed by atoms with Crippen LogP contribution in [0.25, 0.3) is 11.0 Å². The molecule has 3 heterocycles. The molecule has 1 amide bonds. The molecule has 1 aromatic heterocycles. The molecule has 2 aromatic carbocycles. The first-order valence-electron chi connectivity index (χ1n) is 11.8. The normalized spacial score (nSPS) is 22.5. The van der Waals surface area contributed by atoms with Gasteiger partial charge in [-0.05, 0) is 62.9 Å². The predicted molar refractivity (Wildman–Crippen MR) is 128 cm³/mol. The van der Waals surface area contributed by atoms with Crippen molar-refractivity contribution in [2.45, 2.75) is 55.9 Å². The van der Waals surface area contributed by atoms with E-state index in [2.05, 4.69) is 4.98 Å². The van der Waals surface area contributed by atoms with Crippen LogP contribution in [-0.4, -0.2) is 59.2 Å². The Labute approximate surface area is 194 Å². The number of piperidine rings is 2. The van der Waals surface area contributed by atoms with Crippen molar-refractivity contribution >= 4 is 27.0 Å². The molecule has 8 heteroatoms. The molecule has 3 aromatic rings. The monoisotopic (exact) mass is 466 g/mol. The third kappa shape index (κ3) is 4.29. The van der Waals surface area contributed by atoms with Gasteiger partial charge in [0.15, 0.2) is 0 Å². The molecule has 0 radical (unpaired) electrons. The van der Waals surface area contributed by atoms with Crippen LogP contribution < -0.4 is 0 Å². The SMILES string of the molecule is C[C@@H]1CCCCN1S(=O)(=O)c1cccc(C(=O)N2CCC[C@H](c3nc4ccccc4[nH]3)C2)c1. The number of likely N-dealkylation sites (tertiary alicyclic amines) is 1. The van der Waals surface area contributed by atoms with Crippen LogP contribution in [0.5, 0.6) is 0 Å². The van der Waals surface area contributed by atoms with E-state index in [9.17, 15) is 13.2 Å². The van der Waals surface area contributed by atoms with Gasteiger partial charge in [0.25, 0.3) is 5.91 Å². The summed E-state index contributed by atoms with van der Waals surface area (Å²) in [4.78, 5) is 23.5. The number of amides is 1. The first-order valence-corrected chi connectivity index (χ1v) is 13.2. The van der Waals surface area contributed by atoms with Crippen LogP contribution in [0.2, 0.25) is 0 Å². The van der Waals surface area contributed by atoms with Crippen molar-refractivity contribution in [3.8, 4) is 0 Å². The van der Waals surface area contributed by atoms with Crippen molar-refractivity contribution in [3.05, 3.63) is 59.9 Å². The van der Waals surface area contributed by atoms with Crippen LogP contribution in [-0.2, 0) is 10.0 Å². The Balaban J connectivity index is 1.36. The molecule has 0 bridgehead atoms. The van der Waals surface area contributed by atoms with Crippen molar-refractivity contribution in [2.75, 3.05) is 19.6 Å². The fourth-order valence-electron chi connectivity index (χ4n) is 5.09. The van der Waals surface area contributed by atoms with Crippen LogP contribution in [0.1, 0.15) is 61.1 Å². The average Bonchev–Trinajstić information content (AvgIpc) is 3.28. The van der Waals surface area contributed by atoms with Crippen molar-refractivity contribution < 1.29 is 13.2 Å². The molecule has 0 aliphatic carbocycles. The zero-order valence-corrected chi connectivity index (χ0v) is 19.7. The van der Waals surface area contributed by atoms with Crippen molar-refractivity contribution in [1.82, 2.24) is 19.2 Å². The van der Waals surface area contributed by atoms with Crippen LogP contribution in [0.4, 0.5) is 0 Å². The molecule has 1 N–H and O–H groups in total. The number of imidazole rings is 1. The lowest BCUT2D eigenvalue weighted by Gasteiger charge is -2.33. The van der Waals surface area contributed by atoms with Gasteiger partial charge in [-0.1, -0.05) is 24.6 Å². The average molecular weight is 467 g/mol. The molecular formula is C25H30N4O3S. The van der Waals surface area contributed by atoms with E-state index in [0.717, 1.165) is 49.0 Å². The van der Waals surface area contributed by atoms with Gasteiger partial charge >= 0.3 is 0 Å². The third-order valence-corrected chi connectivity index (χ3v) is 8.94. The number of benzene rings is 2. The van der Waals surface area contributed by atoms with E-state index < -0.39 is 10.0 Å². The quantitative estimate of drug-likeness (QED) is 0.626. The molecule has 5 rings (SSSR count). The number of H-pyrrole nitrogens is 1. The Bertz CT molecular complexity index is 1240. The molecule has 7 nitrogen and oxygen atoms in total. The Morgan fingerprint density at radius 3 is 2.70 bits per heavy atom. The lowest BCUT2D eigenvalue weighted by Crippen LogP contribution is -2.42. The van der Waals surface area contributed by atoms with E-state index in [1.807, 2.05) is 36.1 Å². The molecule has 2 aliphatic rings. The van der Waals surface area contributed by atoms with Gasteiger partial charge in [0, 0.05) is 37.2 Å². The summed E-state index contributed by atoms with van der Waals surface area (Å²) in [6, 6.07) is 14.5. The fourth-order valence-corrected chi connectivity index (χ4v) is 6.83.